The van der Waals surface area contributed by atoms with E-state index in [-0.39, 0.29) is 17.9 Å². The van der Waals surface area contributed by atoms with Gasteiger partial charge in [-0.05, 0) is 29.8 Å². The fourth-order valence-corrected chi connectivity index (χ4v) is 3.32. The van der Waals surface area contributed by atoms with Gasteiger partial charge >= 0.3 is 0 Å². The predicted octanol–water partition coefficient (Wildman–Crippen LogP) is 3.40. The maximum absolute atomic E-state index is 12.3. The van der Waals surface area contributed by atoms with Crippen molar-refractivity contribution >= 4 is 28.4 Å². The molecule has 6 nitrogen and oxygen atoms in total. The molecule has 2 aromatic heterocycles. The number of para-hydroxylation sites is 1. The Kier molecular flexibility index (Phi) is 5.44. The second-order valence-electron chi connectivity index (χ2n) is 6.67. The molecule has 7 heteroatoms. The summed E-state index contributed by atoms with van der Waals surface area (Å²) in [7, 11) is 0. The summed E-state index contributed by atoms with van der Waals surface area (Å²) in [6, 6.07) is 18.3. The summed E-state index contributed by atoms with van der Waals surface area (Å²) in [5.74, 6) is -0.100. The number of carbonyl (C=O) groups excluding carboxylic acids is 1. The van der Waals surface area contributed by atoms with Crippen LogP contribution in [-0.2, 0) is 17.8 Å². The van der Waals surface area contributed by atoms with Crippen molar-refractivity contribution in [3.63, 3.8) is 0 Å². The number of fused-ring (bicyclic) bond motifs is 1. The summed E-state index contributed by atoms with van der Waals surface area (Å²) < 4.78 is 1.36. The molecule has 0 aliphatic heterocycles. The Balaban J connectivity index is 1.38. The number of halogens is 1. The Labute approximate surface area is 172 Å². The minimum Gasteiger partial charge on any atom is -0.361 e. The monoisotopic (exact) mass is 406 g/mol. The number of aromatic amines is 1. The molecule has 0 fully saturated rings. The number of H-pyrrole nitrogens is 1. The molecule has 0 bridgehead atoms. The van der Waals surface area contributed by atoms with Crippen molar-refractivity contribution in [3.8, 4) is 11.3 Å². The lowest BCUT2D eigenvalue weighted by molar-refractivity contribution is -0.120. The topological polar surface area (TPSA) is 79.8 Å². The van der Waals surface area contributed by atoms with E-state index in [0.29, 0.717) is 23.8 Å². The zero-order valence-corrected chi connectivity index (χ0v) is 16.3. The standard InChI is InChI=1S/C22H19ClN4O2/c23-17-7-5-15(6-8-17)19-9-10-22(29)27(26-19)12-11-24-21(28)13-16-14-25-20-4-2-1-3-18(16)20/h1-10,14,25H,11-13H2,(H,24,28). The summed E-state index contributed by atoms with van der Waals surface area (Å²) in [5, 5.41) is 8.93. The maximum Gasteiger partial charge on any atom is 0.266 e. The van der Waals surface area contributed by atoms with Gasteiger partial charge in [0, 0.05) is 40.3 Å². The van der Waals surface area contributed by atoms with E-state index in [2.05, 4.69) is 15.4 Å². The van der Waals surface area contributed by atoms with E-state index in [1.807, 2.05) is 42.6 Å². The molecule has 2 aromatic carbocycles. The Morgan fingerprint density at radius 1 is 1.07 bits per heavy atom. The van der Waals surface area contributed by atoms with Crippen LogP contribution in [0.15, 0.2) is 71.7 Å². The van der Waals surface area contributed by atoms with Crippen molar-refractivity contribution in [2.75, 3.05) is 6.54 Å². The van der Waals surface area contributed by atoms with Gasteiger partial charge in [-0.25, -0.2) is 4.68 Å². The van der Waals surface area contributed by atoms with E-state index in [1.54, 1.807) is 18.2 Å². The number of rotatable bonds is 6. The van der Waals surface area contributed by atoms with Gasteiger partial charge in [-0.3, -0.25) is 9.59 Å². The highest BCUT2D eigenvalue weighted by Crippen LogP contribution is 2.19. The van der Waals surface area contributed by atoms with Crippen molar-refractivity contribution in [3.05, 3.63) is 87.8 Å². The molecule has 29 heavy (non-hydrogen) atoms. The molecule has 2 N–H and O–H groups in total. The Morgan fingerprint density at radius 2 is 1.86 bits per heavy atom. The fourth-order valence-electron chi connectivity index (χ4n) is 3.20. The van der Waals surface area contributed by atoms with Crippen LogP contribution in [0.1, 0.15) is 5.56 Å². The first-order valence-corrected chi connectivity index (χ1v) is 9.64. The molecule has 146 valence electrons. The van der Waals surface area contributed by atoms with Gasteiger partial charge in [-0.15, -0.1) is 0 Å². The highest BCUT2D eigenvalue weighted by Gasteiger charge is 2.09. The summed E-state index contributed by atoms with van der Waals surface area (Å²) in [5.41, 5.74) is 3.27. The van der Waals surface area contributed by atoms with E-state index in [9.17, 15) is 9.59 Å². The zero-order valence-electron chi connectivity index (χ0n) is 15.6. The molecule has 0 atom stereocenters. The zero-order chi connectivity index (χ0) is 20.2. The SMILES string of the molecule is O=C(Cc1c[nH]c2ccccc12)NCCn1nc(-c2ccc(Cl)cc2)ccc1=O. The van der Waals surface area contributed by atoms with Crippen molar-refractivity contribution < 1.29 is 4.79 Å². The average molecular weight is 407 g/mol. The van der Waals surface area contributed by atoms with Gasteiger partial charge < -0.3 is 10.3 Å². The van der Waals surface area contributed by atoms with Crippen molar-refractivity contribution in [2.45, 2.75) is 13.0 Å². The Hall–Kier alpha value is -3.38. The van der Waals surface area contributed by atoms with Crippen molar-refractivity contribution in [1.82, 2.24) is 20.1 Å². The molecule has 0 unspecified atom stereocenters. The van der Waals surface area contributed by atoms with E-state index in [1.165, 1.54) is 10.7 Å². The first kappa shape index (κ1) is 19.0. The summed E-state index contributed by atoms with van der Waals surface area (Å²) in [6.45, 7) is 0.609. The van der Waals surface area contributed by atoms with Gasteiger partial charge in [0.25, 0.3) is 5.56 Å². The quantitative estimate of drug-likeness (QED) is 0.515. The highest BCUT2D eigenvalue weighted by molar-refractivity contribution is 6.30. The molecule has 0 saturated heterocycles. The lowest BCUT2D eigenvalue weighted by Crippen LogP contribution is -2.32. The first-order chi connectivity index (χ1) is 14.1. The third kappa shape index (κ3) is 4.38. The van der Waals surface area contributed by atoms with Crippen LogP contribution in [0.5, 0.6) is 0 Å². The summed E-state index contributed by atoms with van der Waals surface area (Å²) in [6.07, 6.45) is 2.13. The van der Waals surface area contributed by atoms with E-state index in [4.69, 9.17) is 11.6 Å². The molecular weight excluding hydrogens is 388 g/mol. The van der Waals surface area contributed by atoms with E-state index < -0.39 is 0 Å². The predicted molar refractivity (Wildman–Crippen MR) is 114 cm³/mol. The number of nitrogens with zero attached hydrogens (tertiary/aromatic N) is 2. The molecule has 1 amide bonds. The molecular formula is C22H19ClN4O2. The third-order valence-electron chi connectivity index (χ3n) is 4.68. The highest BCUT2D eigenvalue weighted by atomic mass is 35.5. The fraction of sp³-hybridized carbons (Fsp3) is 0.136. The van der Waals surface area contributed by atoms with Gasteiger partial charge in [0.05, 0.1) is 18.7 Å². The summed E-state index contributed by atoms with van der Waals surface area (Å²) in [4.78, 5) is 27.6. The van der Waals surface area contributed by atoms with Crippen molar-refractivity contribution in [1.29, 1.82) is 0 Å². The molecule has 4 rings (SSSR count). The second-order valence-corrected chi connectivity index (χ2v) is 7.11. The van der Waals surface area contributed by atoms with Crippen LogP contribution in [0.2, 0.25) is 5.02 Å². The first-order valence-electron chi connectivity index (χ1n) is 9.26. The Bertz CT molecular complexity index is 1210. The minimum absolute atomic E-state index is 0.100. The number of hydrogen-bond donors (Lipinski definition) is 2. The molecule has 0 saturated carbocycles. The number of amides is 1. The Morgan fingerprint density at radius 3 is 2.69 bits per heavy atom. The third-order valence-corrected chi connectivity index (χ3v) is 4.93. The minimum atomic E-state index is -0.214. The smallest absolute Gasteiger partial charge is 0.266 e. The van der Waals surface area contributed by atoms with Crippen LogP contribution in [0.3, 0.4) is 0 Å². The largest absolute Gasteiger partial charge is 0.361 e. The van der Waals surface area contributed by atoms with Crippen LogP contribution in [0.4, 0.5) is 0 Å². The normalized spacial score (nSPS) is 10.9. The molecule has 0 spiro atoms. The van der Waals surface area contributed by atoms with Gasteiger partial charge in [0.2, 0.25) is 5.91 Å². The van der Waals surface area contributed by atoms with E-state index >= 15 is 0 Å². The van der Waals surface area contributed by atoms with Crippen LogP contribution in [-0.4, -0.2) is 27.2 Å². The molecule has 0 aliphatic rings. The molecule has 4 aromatic rings. The van der Waals surface area contributed by atoms with Crippen LogP contribution in [0.25, 0.3) is 22.2 Å². The van der Waals surface area contributed by atoms with Crippen LogP contribution >= 0.6 is 11.6 Å². The van der Waals surface area contributed by atoms with Crippen LogP contribution in [0, 0.1) is 0 Å². The average Bonchev–Trinajstić information content (AvgIpc) is 3.13. The van der Waals surface area contributed by atoms with Gasteiger partial charge in [-0.2, -0.15) is 5.10 Å². The van der Waals surface area contributed by atoms with Gasteiger partial charge in [0.15, 0.2) is 0 Å². The molecule has 0 radical (unpaired) electrons. The summed E-state index contributed by atoms with van der Waals surface area (Å²) >= 11 is 5.92. The molecule has 2 heterocycles. The number of carbonyl (C=O) groups is 1. The van der Waals surface area contributed by atoms with Gasteiger partial charge in [0.1, 0.15) is 0 Å². The van der Waals surface area contributed by atoms with Crippen molar-refractivity contribution in [2.24, 2.45) is 0 Å². The number of benzene rings is 2. The lowest BCUT2D eigenvalue weighted by Gasteiger charge is -2.09. The number of nitrogens with one attached hydrogen (secondary N) is 2. The van der Waals surface area contributed by atoms with Gasteiger partial charge in [-0.1, -0.05) is 41.9 Å². The van der Waals surface area contributed by atoms with Crippen LogP contribution < -0.4 is 10.9 Å². The number of hydrogen-bond acceptors (Lipinski definition) is 3. The maximum atomic E-state index is 12.3. The van der Waals surface area contributed by atoms with E-state index in [0.717, 1.165) is 22.0 Å². The second kappa shape index (κ2) is 8.32. The number of aromatic nitrogens is 3. The molecule has 0 aliphatic carbocycles. The lowest BCUT2D eigenvalue weighted by atomic mass is 10.1.